The topological polar surface area (TPSA) is 44.1 Å². The van der Waals surface area contributed by atoms with E-state index in [9.17, 15) is 4.79 Å². The van der Waals surface area contributed by atoms with Crippen molar-refractivity contribution in [3.05, 3.63) is 53.1 Å². The third kappa shape index (κ3) is 3.56. The molecule has 0 aliphatic heterocycles. The SMILES string of the molecule is Cc1cccc([C@H](C)c2cn(COC(=O)C(C)C)cn2)c1C. The van der Waals surface area contributed by atoms with Crippen LogP contribution in [0.25, 0.3) is 0 Å². The van der Waals surface area contributed by atoms with Crippen LogP contribution in [0.3, 0.4) is 0 Å². The molecule has 0 amide bonds. The van der Waals surface area contributed by atoms with Crippen LogP contribution in [0.15, 0.2) is 30.7 Å². The Kier molecular flexibility index (Phi) is 5.01. The molecule has 0 spiro atoms. The standard InChI is InChI=1S/C18H24N2O2/c1-12(2)18(21)22-11-20-9-17(19-10-20)15(5)16-8-6-7-13(3)14(16)4/h6-10,12,15H,11H2,1-5H3/t15-/m0/s1. The number of hydrogen-bond donors (Lipinski definition) is 0. The fourth-order valence-electron chi connectivity index (χ4n) is 2.38. The van der Waals surface area contributed by atoms with Crippen LogP contribution in [0.1, 0.15) is 49.1 Å². The highest BCUT2D eigenvalue weighted by atomic mass is 16.5. The van der Waals surface area contributed by atoms with Crippen LogP contribution in [0.4, 0.5) is 0 Å². The molecule has 0 aliphatic carbocycles. The van der Waals surface area contributed by atoms with Gasteiger partial charge in [-0.1, -0.05) is 39.0 Å². The number of carbonyl (C=O) groups excluding carboxylic acids is 1. The average Bonchev–Trinajstić information content (AvgIpc) is 2.95. The first kappa shape index (κ1) is 16.3. The molecule has 0 saturated heterocycles. The molecule has 4 heteroatoms. The average molecular weight is 300 g/mol. The number of esters is 1. The molecule has 22 heavy (non-hydrogen) atoms. The first-order valence-corrected chi connectivity index (χ1v) is 7.64. The van der Waals surface area contributed by atoms with Crippen molar-refractivity contribution < 1.29 is 9.53 Å². The predicted molar refractivity (Wildman–Crippen MR) is 86.6 cm³/mol. The van der Waals surface area contributed by atoms with Crippen LogP contribution >= 0.6 is 0 Å². The lowest BCUT2D eigenvalue weighted by atomic mass is 9.92. The molecule has 2 aromatic rings. The molecule has 4 nitrogen and oxygen atoms in total. The summed E-state index contributed by atoms with van der Waals surface area (Å²) in [5, 5.41) is 0. The number of aryl methyl sites for hydroxylation is 1. The Labute approximate surface area is 132 Å². The van der Waals surface area contributed by atoms with E-state index in [-0.39, 0.29) is 24.5 Å². The van der Waals surface area contributed by atoms with Gasteiger partial charge < -0.3 is 9.30 Å². The third-order valence-corrected chi connectivity index (χ3v) is 4.04. The molecule has 2 rings (SSSR count). The van der Waals surface area contributed by atoms with E-state index < -0.39 is 0 Å². The Morgan fingerprint density at radius 3 is 2.68 bits per heavy atom. The molecular weight excluding hydrogens is 276 g/mol. The zero-order chi connectivity index (χ0) is 16.3. The molecule has 118 valence electrons. The highest BCUT2D eigenvalue weighted by Gasteiger charge is 2.15. The molecule has 0 saturated carbocycles. The van der Waals surface area contributed by atoms with Gasteiger partial charge in [-0.05, 0) is 30.5 Å². The van der Waals surface area contributed by atoms with E-state index in [1.54, 1.807) is 10.9 Å². The summed E-state index contributed by atoms with van der Waals surface area (Å²) in [5.74, 6) is -0.100. The Morgan fingerprint density at radius 2 is 2.00 bits per heavy atom. The molecule has 0 radical (unpaired) electrons. The number of carbonyl (C=O) groups is 1. The Bertz CT molecular complexity index is 659. The van der Waals surface area contributed by atoms with Gasteiger partial charge in [-0.15, -0.1) is 0 Å². The van der Waals surface area contributed by atoms with E-state index in [1.807, 2.05) is 20.0 Å². The lowest BCUT2D eigenvalue weighted by Gasteiger charge is -2.14. The molecule has 1 aromatic carbocycles. The summed E-state index contributed by atoms with van der Waals surface area (Å²) in [4.78, 5) is 16.0. The van der Waals surface area contributed by atoms with Crippen molar-refractivity contribution in [2.75, 3.05) is 0 Å². The number of imidazole rings is 1. The summed E-state index contributed by atoms with van der Waals surface area (Å²) >= 11 is 0. The smallest absolute Gasteiger partial charge is 0.310 e. The highest BCUT2D eigenvalue weighted by molar-refractivity contribution is 5.71. The zero-order valence-corrected chi connectivity index (χ0v) is 14.0. The predicted octanol–water partition coefficient (Wildman–Crippen LogP) is 3.81. The van der Waals surface area contributed by atoms with Gasteiger partial charge in [-0.25, -0.2) is 4.98 Å². The summed E-state index contributed by atoms with van der Waals surface area (Å²) in [5.41, 5.74) is 4.85. The van der Waals surface area contributed by atoms with E-state index in [4.69, 9.17) is 4.74 Å². The van der Waals surface area contributed by atoms with Crippen LogP contribution in [0.2, 0.25) is 0 Å². The summed E-state index contributed by atoms with van der Waals surface area (Å²) < 4.78 is 7.02. The second-order valence-electron chi connectivity index (χ2n) is 6.07. The van der Waals surface area contributed by atoms with Crippen LogP contribution in [-0.4, -0.2) is 15.5 Å². The normalized spacial score (nSPS) is 12.5. The van der Waals surface area contributed by atoms with Gasteiger partial charge in [-0.3, -0.25) is 4.79 Å². The molecule has 1 atom stereocenters. The number of rotatable bonds is 5. The third-order valence-electron chi connectivity index (χ3n) is 4.04. The van der Waals surface area contributed by atoms with E-state index in [1.165, 1.54) is 16.7 Å². The largest absolute Gasteiger partial charge is 0.444 e. The van der Waals surface area contributed by atoms with Crippen molar-refractivity contribution in [2.24, 2.45) is 5.92 Å². The lowest BCUT2D eigenvalue weighted by Crippen LogP contribution is -2.13. The molecule has 1 aromatic heterocycles. The first-order valence-electron chi connectivity index (χ1n) is 7.64. The monoisotopic (exact) mass is 300 g/mol. The van der Waals surface area contributed by atoms with E-state index in [0.717, 1.165) is 5.69 Å². The zero-order valence-electron chi connectivity index (χ0n) is 14.0. The van der Waals surface area contributed by atoms with Gasteiger partial charge in [0.2, 0.25) is 0 Å². The van der Waals surface area contributed by atoms with Crippen molar-refractivity contribution in [2.45, 2.75) is 47.3 Å². The van der Waals surface area contributed by atoms with Gasteiger partial charge >= 0.3 is 5.97 Å². The number of nitrogens with zero attached hydrogens (tertiary/aromatic N) is 2. The maximum absolute atomic E-state index is 11.5. The second-order valence-corrected chi connectivity index (χ2v) is 6.07. The minimum absolute atomic E-state index is 0.114. The van der Waals surface area contributed by atoms with Crippen LogP contribution < -0.4 is 0 Å². The number of aromatic nitrogens is 2. The number of benzene rings is 1. The molecule has 0 unspecified atom stereocenters. The quantitative estimate of drug-likeness (QED) is 0.789. The summed E-state index contributed by atoms with van der Waals surface area (Å²) in [6, 6.07) is 6.34. The van der Waals surface area contributed by atoms with Crippen LogP contribution in [0, 0.1) is 19.8 Å². The molecule has 0 aliphatic rings. The van der Waals surface area contributed by atoms with Gasteiger partial charge in [0.1, 0.15) is 0 Å². The van der Waals surface area contributed by atoms with Crippen LogP contribution in [-0.2, 0) is 16.3 Å². The van der Waals surface area contributed by atoms with Gasteiger partial charge in [0, 0.05) is 12.1 Å². The first-order chi connectivity index (χ1) is 10.4. The highest BCUT2D eigenvalue weighted by Crippen LogP contribution is 2.27. The fourth-order valence-corrected chi connectivity index (χ4v) is 2.38. The van der Waals surface area contributed by atoms with Crippen molar-refractivity contribution in [1.82, 2.24) is 9.55 Å². The maximum atomic E-state index is 11.5. The van der Waals surface area contributed by atoms with Crippen molar-refractivity contribution >= 4 is 5.97 Å². The summed E-state index contributed by atoms with van der Waals surface area (Å²) in [7, 11) is 0. The molecule has 1 heterocycles. The van der Waals surface area contributed by atoms with E-state index in [2.05, 4.69) is 44.0 Å². The maximum Gasteiger partial charge on any atom is 0.310 e. The van der Waals surface area contributed by atoms with Gasteiger partial charge in [-0.2, -0.15) is 0 Å². The molecule has 0 bridgehead atoms. The van der Waals surface area contributed by atoms with E-state index >= 15 is 0 Å². The number of hydrogen-bond acceptors (Lipinski definition) is 3. The second kappa shape index (κ2) is 6.77. The molecule has 0 fully saturated rings. The fraction of sp³-hybridized carbons (Fsp3) is 0.444. The minimum atomic E-state index is -0.196. The van der Waals surface area contributed by atoms with Crippen molar-refractivity contribution in [3.63, 3.8) is 0 Å². The molecular formula is C18H24N2O2. The molecule has 0 N–H and O–H groups in total. The Balaban J connectivity index is 2.10. The minimum Gasteiger partial charge on any atom is -0.444 e. The number of ether oxygens (including phenoxy) is 1. The lowest BCUT2D eigenvalue weighted by molar-refractivity contribution is -0.151. The van der Waals surface area contributed by atoms with Crippen molar-refractivity contribution in [3.8, 4) is 0 Å². The van der Waals surface area contributed by atoms with Gasteiger partial charge in [0.05, 0.1) is 17.9 Å². The van der Waals surface area contributed by atoms with Gasteiger partial charge in [0.25, 0.3) is 0 Å². The summed E-state index contributed by atoms with van der Waals surface area (Å²) in [6.07, 6.45) is 3.66. The Hall–Kier alpha value is -2.10. The van der Waals surface area contributed by atoms with E-state index in [0.29, 0.717) is 0 Å². The van der Waals surface area contributed by atoms with Crippen molar-refractivity contribution in [1.29, 1.82) is 0 Å². The van der Waals surface area contributed by atoms with Crippen LogP contribution in [0.5, 0.6) is 0 Å². The Morgan fingerprint density at radius 1 is 1.27 bits per heavy atom. The summed E-state index contributed by atoms with van der Waals surface area (Å²) in [6.45, 7) is 10.3. The van der Waals surface area contributed by atoms with Gasteiger partial charge in [0.15, 0.2) is 6.73 Å².